The molecule has 8 heteroatoms. The standard InChI is InChI=1S/C33H38N2O5S/c1-5-7-13-30(36)31(37)35-29(20-25-14-16-28(17-15-25)40-21-26-11-9-8-10-12-26)32-34-27(22-41-32)19-23(3)18-24(4)33(38)39-6-2/h8-12,14-19,22,29H,5-7,13,20-21H2,1-4H3,(H,35,37)/b23-19+,24-18-/t29-/m0/s1. The summed E-state index contributed by atoms with van der Waals surface area (Å²) in [5, 5.41) is 5.50. The molecule has 0 aliphatic carbocycles. The molecule has 1 atom stereocenters. The first-order valence-electron chi connectivity index (χ1n) is 13.9. The van der Waals surface area contributed by atoms with Gasteiger partial charge in [-0.1, -0.05) is 55.8 Å². The van der Waals surface area contributed by atoms with Crippen molar-refractivity contribution in [3.8, 4) is 5.75 Å². The Bertz CT molecular complexity index is 1360. The van der Waals surface area contributed by atoms with Crippen LogP contribution < -0.4 is 10.1 Å². The van der Waals surface area contributed by atoms with E-state index in [-0.39, 0.29) is 12.4 Å². The van der Waals surface area contributed by atoms with Crippen LogP contribution in [0.5, 0.6) is 5.75 Å². The average Bonchev–Trinajstić information content (AvgIpc) is 3.43. The van der Waals surface area contributed by atoms with E-state index in [1.807, 2.05) is 79.9 Å². The zero-order chi connectivity index (χ0) is 29.6. The minimum absolute atomic E-state index is 0.222. The fraction of sp³-hybridized carbons (Fsp3) is 0.333. The van der Waals surface area contributed by atoms with Crippen molar-refractivity contribution < 1.29 is 23.9 Å². The van der Waals surface area contributed by atoms with Crippen molar-refractivity contribution in [1.82, 2.24) is 10.3 Å². The highest BCUT2D eigenvalue weighted by atomic mass is 32.1. The van der Waals surface area contributed by atoms with Crippen LogP contribution in [0.4, 0.5) is 0 Å². The van der Waals surface area contributed by atoms with Crippen molar-refractivity contribution in [3.05, 3.63) is 99.0 Å². The lowest BCUT2D eigenvalue weighted by molar-refractivity contribution is -0.138. The van der Waals surface area contributed by atoms with E-state index < -0.39 is 17.7 Å². The zero-order valence-corrected chi connectivity index (χ0v) is 25.0. The van der Waals surface area contributed by atoms with Crippen molar-refractivity contribution >= 4 is 35.1 Å². The van der Waals surface area contributed by atoms with Crippen LogP contribution in [0.2, 0.25) is 0 Å². The molecule has 3 aromatic rings. The van der Waals surface area contributed by atoms with Gasteiger partial charge in [0.25, 0.3) is 5.91 Å². The number of Topliss-reactive ketones (excluding diaryl/α,β-unsaturated/α-hetero) is 1. The summed E-state index contributed by atoms with van der Waals surface area (Å²) in [6, 6.07) is 17.2. The number of unbranched alkanes of at least 4 members (excludes halogenated alkanes) is 1. The van der Waals surface area contributed by atoms with E-state index in [2.05, 4.69) is 5.32 Å². The summed E-state index contributed by atoms with van der Waals surface area (Å²) >= 11 is 1.41. The van der Waals surface area contributed by atoms with Crippen LogP contribution in [-0.4, -0.2) is 29.3 Å². The number of benzene rings is 2. The second-order valence-corrected chi connectivity index (χ2v) is 10.6. The van der Waals surface area contributed by atoms with E-state index in [4.69, 9.17) is 14.5 Å². The lowest BCUT2D eigenvalue weighted by Crippen LogP contribution is -2.35. The first-order valence-corrected chi connectivity index (χ1v) is 14.8. The highest BCUT2D eigenvalue weighted by molar-refractivity contribution is 7.09. The summed E-state index contributed by atoms with van der Waals surface area (Å²) < 4.78 is 10.9. The number of ether oxygens (including phenoxy) is 2. The molecule has 2 aromatic carbocycles. The van der Waals surface area contributed by atoms with Gasteiger partial charge in [0.1, 0.15) is 17.4 Å². The monoisotopic (exact) mass is 574 g/mol. The fourth-order valence-corrected chi connectivity index (χ4v) is 4.86. The molecule has 1 amide bonds. The average molecular weight is 575 g/mol. The molecular weight excluding hydrogens is 536 g/mol. The number of aromatic nitrogens is 1. The van der Waals surface area contributed by atoms with Crippen molar-refractivity contribution in [3.63, 3.8) is 0 Å². The predicted molar refractivity (Wildman–Crippen MR) is 162 cm³/mol. The Morgan fingerprint density at radius 1 is 1.00 bits per heavy atom. The quantitative estimate of drug-likeness (QED) is 0.0929. The number of esters is 1. The van der Waals surface area contributed by atoms with Crippen molar-refractivity contribution in [2.75, 3.05) is 6.61 Å². The summed E-state index contributed by atoms with van der Waals surface area (Å²) in [5.41, 5.74) is 4.11. The summed E-state index contributed by atoms with van der Waals surface area (Å²) in [6.45, 7) is 8.14. The van der Waals surface area contributed by atoms with Gasteiger partial charge in [-0.2, -0.15) is 0 Å². The van der Waals surface area contributed by atoms with Gasteiger partial charge in [-0.25, -0.2) is 9.78 Å². The fourth-order valence-electron chi connectivity index (χ4n) is 4.04. The molecule has 1 heterocycles. The molecule has 0 aliphatic rings. The Kier molecular flexibility index (Phi) is 12.5. The highest BCUT2D eigenvalue weighted by Crippen LogP contribution is 2.25. The molecule has 0 radical (unpaired) electrons. The number of rotatable bonds is 15. The van der Waals surface area contributed by atoms with Gasteiger partial charge >= 0.3 is 5.97 Å². The summed E-state index contributed by atoms with van der Waals surface area (Å²) in [7, 11) is 0. The molecule has 1 N–H and O–H groups in total. The normalized spacial score (nSPS) is 12.5. The molecule has 216 valence electrons. The minimum Gasteiger partial charge on any atom is -0.489 e. The largest absolute Gasteiger partial charge is 0.489 e. The van der Waals surface area contributed by atoms with Crippen LogP contribution in [0.3, 0.4) is 0 Å². The number of nitrogens with one attached hydrogen (secondary N) is 1. The molecule has 7 nitrogen and oxygen atoms in total. The number of carbonyl (C=O) groups is 3. The molecule has 0 bridgehead atoms. The van der Waals surface area contributed by atoms with Gasteiger partial charge in [-0.3, -0.25) is 9.59 Å². The van der Waals surface area contributed by atoms with Crippen molar-refractivity contribution in [1.29, 1.82) is 0 Å². The number of hydrogen-bond acceptors (Lipinski definition) is 7. The Labute approximate surface area is 246 Å². The van der Waals surface area contributed by atoms with Gasteiger partial charge < -0.3 is 14.8 Å². The minimum atomic E-state index is -0.595. The molecule has 0 fully saturated rings. The van der Waals surface area contributed by atoms with E-state index in [1.54, 1.807) is 19.9 Å². The Morgan fingerprint density at radius 2 is 1.73 bits per heavy atom. The molecule has 0 saturated heterocycles. The first kappa shape index (κ1) is 31.5. The van der Waals surface area contributed by atoms with Gasteiger partial charge in [-0.15, -0.1) is 11.3 Å². The highest BCUT2D eigenvalue weighted by Gasteiger charge is 2.22. The topological polar surface area (TPSA) is 94.6 Å². The van der Waals surface area contributed by atoms with E-state index >= 15 is 0 Å². The Balaban J connectivity index is 1.76. The molecule has 0 unspecified atom stereocenters. The smallest absolute Gasteiger partial charge is 0.333 e. The Hall–Kier alpha value is -4.04. The second kappa shape index (κ2) is 16.3. The summed E-state index contributed by atoms with van der Waals surface area (Å²) in [4.78, 5) is 41.8. The number of ketones is 1. The second-order valence-electron chi connectivity index (χ2n) is 9.72. The molecule has 0 aliphatic heterocycles. The van der Waals surface area contributed by atoms with Crippen molar-refractivity contribution in [2.45, 2.75) is 66.0 Å². The maximum absolute atomic E-state index is 12.8. The molecule has 41 heavy (non-hydrogen) atoms. The van der Waals surface area contributed by atoms with Crippen LogP contribution in [0.1, 0.15) is 74.8 Å². The molecular formula is C33H38N2O5S. The van der Waals surface area contributed by atoms with E-state index in [0.29, 0.717) is 42.3 Å². The number of nitrogens with zero attached hydrogens (tertiary/aromatic N) is 1. The maximum Gasteiger partial charge on any atom is 0.333 e. The van der Waals surface area contributed by atoms with Gasteiger partial charge in [0.2, 0.25) is 5.78 Å². The molecule has 0 saturated carbocycles. The third kappa shape index (κ3) is 10.5. The lowest BCUT2D eigenvalue weighted by atomic mass is 10.1. The van der Waals surface area contributed by atoms with Gasteiger partial charge in [-0.05, 0) is 74.6 Å². The van der Waals surface area contributed by atoms with Gasteiger partial charge in [0, 0.05) is 17.4 Å². The van der Waals surface area contributed by atoms with E-state index in [9.17, 15) is 14.4 Å². The Morgan fingerprint density at radius 3 is 2.41 bits per heavy atom. The van der Waals surface area contributed by atoms with Crippen LogP contribution >= 0.6 is 11.3 Å². The third-order valence-corrected chi connectivity index (χ3v) is 7.16. The van der Waals surface area contributed by atoms with Crippen LogP contribution in [0, 0.1) is 0 Å². The van der Waals surface area contributed by atoms with Crippen LogP contribution in [0.25, 0.3) is 6.08 Å². The SMILES string of the molecule is CCCCC(=O)C(=O)N[C@@H](Cc1ccc(OCc2ccccc2)cc1)c1nc(/C=C(C)/C=C(/C)C(=O)OCC)cs1. The zero-order valence-electron chi connectivity index (χ0n) is 24.1. The van der Waals surface area contributed by atoms with E-state index in [1.165, 1.54) is 11.3 Å². The maximum atomic E-state index is 12.8. The summed E-state index contributed by atoms with van der Waals surface area (Å²) in [5.74, 6) is -0.626. The number of allylic oxidation sites excluding steroid dienone is 2. The third-order valence-electron chi connectivity index (χ3n) is 6.18. The first-order chi connectivity index (χ1) is 19.8. The van der Waals surface area contributed by atoms with E-state index in [0.717, 1.165) is 28.9 Å². The molecule has 1 aromatic heterocycles. The molecule has 3 rings (SSSR count). The summed E-state index contributed by atoms with van der Waals surface area (Å²) in [6.07, 6.45) is 5.82. The van der Waals surface area contributed by atoms with Gasteiger partial charge in [0.05, 0.1) is 18.3 Å². The van der Waals surface area contributed by atoms with Crippen LogP contribution in [0.15, 0.2) is 77.2 Å². The predicted octanol–water partition coefficient (Wildman–Crippen LogP) is 6.79. The number of carbonyl (C=O) groups excluding carboxylic acids is 3. The lowest BCUT2D eigenvalue weighted by Gasteiger charge is -2.17. The molecule has 0 spiro atoms. The number of thiazole rings is 1. The number of amides is 1. The van der Waals surface area contributed by atoms with Crippen molar-refractivity contribution in [2.24, 2.45) is 0 Å². The van der Waals surface area contributed by atoms with Gasteiger partial charge in [0.15, 0.2) is 0 Å². The van der Waals surface area contributed by atoms with Crippen LogP contribution in [-0.2, 0) is 32.1 Å². The number of hydrogen-bond donors (Lipinski definition) is 1.